The van der Waals surface area contributed by atoms with E-state index >= 15 is 0 Å². The third-order valence-corrected chi connectivity index (χ3v) is 4.50. The quantitative estimate of drug-likeness (QED) is 0.431. The van der Waals surface area contributed by atoms with Crippen molar-refractivity contribution in [3.8, 4) is 5.75 Å². The number of thioether (sulfide) groups is 1. The average molecular weight is 325 g/mol. The van der Waals surface area contributed by atoms with E-state index in [4.69, 9.17) is 4.74 Å². The molecular formula is C14H16FN3OS2. The molecule has 0 atom stereocenters. The number of anilines is 1. The lowest BCUT2D eigenvalue weighted by atomic mass is 10.3. The van der Waals surface area contributed by atoms with Gasteiger partial charge >= 0.3 is 0 Å². The van der Waals surface area contributed by atoms with Gasteiger partial charge in [0.2, 0.25) is 5.13 Å². The van der Waals surface area contributed by atoms with Crippen molar-refractivity contribution < 1.29 is 9.13 Å². The van der Waals surface area contributed by atoms with Gasteiger partial charge in [0.05, 0.1) is 6.61 Å². The second kappa shape index (κ2) is 8.63. The highest BCUT2D eigenvalue weighted by atomic mass is 32.2. The van der Waals surface area contributed by atoms with E-state index in [1.54, 1.807) is 30.0 Å². The Balaban J connectivity index is 1.62. The summed E-state index contributed by atoms with van der Waals surface area (Å²) >= 11 is 3.18. The summed E-state index contributed by atoms with van der Waals surface area (Å²) < 4.78 is 19.2. The van der Waals surface area contributed by atoms with Gasteiger partial charge in [-0.1, -0.05) is 29.2 Å². The van der Waals surface area contributed by atoms with E-state index in [0.29, 0.717) is 18.9 Å². The smallest absolute Gasteiger partial charge is 0.206 e. The maximum atomic E-state index is 12.7. The summed E-state index contributed by atoms with van der Waals surface area (Å²) in [6.07, 6.45) is 2.66. The Morgan fingerprint density at radius 2 is 2.14 bits per heavy atom. The Morgan fingerprint density at radius 1 is 1.33 bits per heavy atom. The lowest BCUT2D eigenvalue weighted by Crippen LogP contribution is -1.98. The van der Waals surface area contributed by atoms with E-state index in [9.17, 15) is 4.39 Å². The molecule has 0 spiro atoms. The van der Waals surface area contributed by atoms with Crippen LogP contribution in [-0.4, -0.2) is 29.1 Å². The summed E-state index contributed by atoms with van der Waals surface area (Å²) in [6.45, 7) is 4.92. The maximum absolute atomic E-state index is 12.7. The first-order valence-electron chi connectivity index (χ1n) is 6.47. The molecule has 2 rings (SSSR count). The van der Waals surface area contributed by atoms with Crippen LogP contribution in [0, 0.1) is 5.82 Å². The van der Waals surface area contributed by atoms with Crippen LogP contribution in [0.25, 0.3) is 0 Å². The number of rotatable bonds is 9. The summed E-state index contributed by atoms with van der Waals surface area (Å²) in [5.74, 6) is 1.33. The summed E-state index contributed by atoms with van der Waals surface area (Å²) in [6, 6.07) is 6.04. The summed E-state index contributed by atoms with van der Waals surface area (Å²) in [5, 5.41) is 12.0. The molecule has 1 aromatic heterocycles. The molecule has 0 aliphatic carbocycles. The van der Waals surface area contributed by atoms with Gasteiger partial charge in [-0.15, -0.1) is 16.8 Å². The molecule has 1 aromatic carbocycles. The van der Waals surface area contributed by atoms with E-state index in [-0.39, 0.29) is 5.82 Å². The van der Waals surface area contributed by atoms with Gasteiger partial charge in [-0.3, -0.25) is 0 Å². The van der Waals surface area contributed by atoms with Crippen LogP contribution in [0.1, 0.15) is 6.42 Å². The topological polar surface area (TPSA) is 47.0 Å². The first-order chi connectivity index (χ1) is 10.3. The second-order valence-corrected chi connectivity index (χ2v) is 6.37. The van der Waals surface area contributed by atoms with Gasteiger partial charge in [0, 0.05) is 12.3 Å². The summed E-state index contributed by atoms with van der Waals surface area (Å²) in [5.41, 5.74) is 0. The first-order valence-corrected chi connectivity index (χ1v) is 8.27. The highest BCUT2D eigenvalue weighted by molar-refractivity contribution is 8.01. The molecule has 0 aliphatic heterocycles. The minimum absolute atomic E-state index is 0.255. The zero-order valence-corrected chi connectivity index (χ0v) is 13.1. The van der Waals surface area contributed by atoms with Gasteiger partial charge in [0.25, 0.3) is 0 Å². The molecule has 21 heavy (non-hydrogen) atoms. The van der Waals surface area contributed by atoms with Gasteiger partial charge in [0.1, 0.15) is 11.6 Å². The number of hydrogen-bond donors (Lipinski definition) is 1. The molecule has 0 unspecified atom stereocenters. The highest BCUT2D eigenvalue weighted by Crippen LogP contribution is 2.25. The molecular weight excluding hydrogens is 309 g/mol. The van der Waals surface area contributed by atoms with Crippen LogP contribution in [0.2, 0.25) is 0 Å². The van der Waals surface area contributed by atoms with E-state index in [0.717, 1.165) is 21.6 Å². The third-order valence-electron chi connectivity index (χ3n) is 2.40. The van der Waals surface area contributed by atoms with Crippen molar-refractivity contribution in [2.75, 3.05) is 24.2 Å². The largest absolute Gasteiger partial charge is 0.494 e. The van der Waals surface area contributed by atoms with Crippen molar-refractivity contribution >= 4 is 28.2 Å². The molecule has 0 saturated heterocycles. The van der Waals surface area contributed by atoms with Gasteiger partial charge in [-0.2, -0.15) is 0 Å². The summed E-state index contributed by atoms with van der Waals surface area (Å²) in [4.78, 5) is 0. The van der Waals surface area contributed by atoms with E-state index in [1.807, 2.05) is 0 Å². The van der Waals surface area contributed by atoms with Crippen LogP contribution in [0.5, 0.6) is 5.75 Å². The maximum Gasteiger partial charge on any atom is 0.206 e. The van der Waals surface area contributed by atoms with Crippen LogP contribution in [-0.2, 0) is 0 Å². The van der Waals surface area contributed by atoms with Crippen molar-refractivity contribution in [2.24, 2.45) is 0 Å². The molecule has 2 aromatic rings. The summed E-state index contributed by atoms with van der Waals surface area (Å²) in [7, 11) is 0. The Kier molecular flexibility index (Phi) is 6.49. The van der Waals surface area contributed by atoms with Crippen molar-refractivity contribution in [1.29, 1.82) is 0 Å². The average Bonchev–Trinajstić information content (AvgIpc) is 2.94. The fraction of sp³-hybridized carbons (Fsp3) is 0.286. The number of benzene rings is 1. The Morgan fingerprint density at radius 3 is 2.90 bits per heavy atom. The van der Waals surface area contributed by atoms with E-state index in [1.165, 1.54) is 23.5 Å². The molecule has 0 bridgehead atoms. The minimum Gasteiger partial charge on any atom is -0.494 e. The molecule has 0 fully saturated rings. The number of nitrogens with zero attached hydrogens (tertiary/aromatic N) is 2. The molecule has 112 valence electrons. The van der Waals surface area contributed by atoms with E-state index in [2.05, 4.69) is 22.1 Å². The molecule has 0 aliphatic rings. The molecule has 1 heterocycles. The fourth-order valence-electron chi connectivity index (χ4n) is 1.44. The Labute approximate surface area is 131 Å². The highest BCUT2D eigenvalue weighted by Gasteiger charge is 2.03. The standard InChI is InChI=1S/C14H16FN3OS2/c1-2-8-16-13-17-18-14(21-13)20-10-3-9-19-12-6-4-11(15)5-7-12/h2,4-7H,1,3,8-10H2,(H,16,17). The van der Waals surface area contributed by atoms with Gasteiger partial charge in [0.15, 0.2) is 4.34 Å². The predicted molar refractivity (Wildman–Crippen MR) is 85.8 cm³/mol. The lowest BCUT2D eigenvalue weighted by Gasteiger charge is -2.04. The Bertz CT molecular complexity index is 560. The third kappa shape index (κ3) is 5.73. The van der Waals surface area contributed by atoms with Crippen molar-refractivity contribution in [3.05, 3.63) is 42.7 Å². The van der Waals surface area contributed by atoms with Crippen molar-refractivity contribution in [3.63, 3.8) is 0 Å². The molecule has 0 amide bonds. The van der Waals surface area contributed by atoms with Crippen molar-refractivity contribution in [1.82, 2.24) is 10.2 Å². The molecule has 1 N–H and O–H groups in total. The van der Waals surface area contributed by atoms with Gasteiger partial charge in [-0.25, -0.2) is 4.39 Å². The van der Waals surface area contributed by atoms with Crippen LogP contribution < -0.4 is 10.1 Å². The van der Waals surface area contributed by atoms with Crippen LogP contribution in [0.4, 0.5) is 9.52 Å². The number of ether oxygens (including phenoxy) is 1. The fourth-order valence-corrected chi connectivity index (χ4v) is 3.18. The SMILES string of the molecule is C=CCNc1nnc(SCCCOc2ccc(F)cc2)s1. The number of hydrogen-bond acceptors (Lipinski definition) is 6. The lowest BCUT2D eigenvalue weighted by molar-refractivity contribution is 0.318. The molecule has 0 saturated carbocycles. The van der Waals surface area contributed by atoms with Gasteiger partial charge in [-0.05, 0) is 30.7 Å². The normalized spacial score (nSPS) is 10.3. The molecule has 7 heteroatoms. The molecule has 0 radical (unpaired) electrons. The number of nitrogens with one attached hydrogen (secondary N) is 1. The number of halogens is 1. The van der Waals surface area contributed by atoms with Crippen LogP contribution in [0.3, 0.4) is 0 Å². The molecule has 4 nitrogen and oxygen atoms in total. The zero-order chi connectivity index (χ0) is 14.9. The van der Waals surface area contributed by atoms with Crippen LogP contribution in [0.15, 0.2) is 41.3 Å². The monoisotopic (exact) mass is 325 g/mol. The predicted octanol–water partition coefficient (Wildman–Crippen LogP) is 3.84. The minimum atomic E-state index is -0.255. The van der Waals surface area contributed by atoms with Crippen molar-refractivity contribution in [2.45, 2.75) is 10.8 Å². The number of aromatic nitrogens is 2. The zero-order valence-electron chi connectivity index (χ0n) is 11.4. The van der Waals surface area contributed by atoms with Gasteiger partial charge < -0.3 is 10.1 Å². The van der Waals surface area contributed by atoms with Crippen LogP contribution >= 0.6 is 23.1 Å². The van der Waals surface area contributed by atoms with E-state index < -0.39 is 0 Å². The Hall–Kier alpha value is -1.60. The second-order valence-electron chi connectivity index (χ2n) is 4.05. The first kappa shape index (κ1) is 15.8.